The van der Waals surface area contributed by atoms with Crippen LogP contribution in [0.5, 0.6) is 5.75 Å². The third kappa shape index (κ3) is 5.36. The number of carbonyl (C=O) groups excluding carboxylic acids is 1. The van der Waals surface area contributed by atoms with Crippen LogP contribution in [0.15, 0.2) is 42.5 Å². The fourth-order valence-corrected chi connectivity index (χ4v) is 3.20. The average molecular weight is 379 g/mol. The first-order chi connectivity index (χ1) is 12.1. The van der Waals surface area contributed by atoms with Gasteiger partial charge in [-0.15, -0.1) is 12.4 Å². The second-order valence-electron chi connectivity index (χ2n) is 6.38. The van der Waals surface area contributed by atoms with Crippen molar-refractivity contribution in [2.45, 2.75) is 38.1 Å². The van der Waals surface area contributed by atoms with E-state index in [4.69, 9.17) is 10.5 Å². The molecule has 6 heteroatoms. The smallest absolute Gasteiger partial charge is 0.220 e. The largest absolute Gasteiger partial charge is 0.494 e. The zero-order valence-corrected chi connectivity index (χ0v) is 15.4. The van der Waals surface area contributed by atoms with Crippen molar-refractivity contribution in [3.05, 3.63) is 59.4 Å². The van der Waals surface area contributed by atoms with Gasteiger partial charge in [0.2, 0.25) is 5.91 Å². The van der Waals surface area contributed by atoms with Crippen molar-refractivity contribution in [2.75, 3.05) is 12.3 Å². The van der Waals surface area contributed by atoms with Crippen LogP contribution in [0.4, 0.5) is 10.1 Å². The number of nitrogens with two attached hydrogens (primary N) is 1. The van der Waals surface area contributed by atoms with E-state index in [2.05, 4.69) is 5.32 Å². The number of anilines is 1. The molecule has 1 aliphatic carbocycles. The maximum atomic E-state index is 12.8. The topological polar surface area (TPSA) is 64.3 Å². The van der Waals surface area contributed by atoms with Crippen LogP contribution in [-0.2, 0) is 11.2 Å². The molecule has 26 heavy (non-hydrogen) atoms. The quantitative estimate of drug-likeness (QED) is 0.585. The lowest BCUT2D eigenvalue weighted by molar-refractivity contribution is -0.122. The first kappa shape index (κ1) is 20.0. The summed E-state index contributed by atoms with van der Waals surface area (Å²) in [6, 6.07) is 11.9. The molecule has 4 nitrogen and oxygen atoms in total. The maximum Gasteiger partial charge on any atom is 0.220 e. The number of nitrogen functional groups attached to an aromatic ring is 1. The molecule has 0 heterocycles. The molecule has 0 bridgehead atoms. The molecule has 1 aliphatic rings. The van der Waals surface area contributed by atoms with Crippen LogP contribution in [0.25, 0.3) is 0 Å². The molecule has 3 N–H and O–H groups in total. The number of hydrogen-bond donors (Lipinski definition) is 2. The lowest BCUT2D eigenvalue weighted by Crippen LogP contribution is -2.31. The highest BCUT2D eigenvalue weighted by Crippen LogP contribution is 2.31. The molecule has 0 aliphatic heterocycles. The molecule has 0 aromatic heterocycles. The monoisotopic (exact) mass is 378 g/mol. The number of halogens is 2. The Hall–Kier alpha value is -2.27. The second-order valence-corrected chi connectivity index (χ2v) is 6.38. The molecule has 0 spiro atoms. The highest BCUT2D eigenvalue weighted by atomic mass is 35.5. The fraction of sp³-hybridized carbons (Fsp3) is 0.350. The summed E-state index contributed by atoms with van der Waals surface area (Å²) in [5, 5.41) is 3.12. The van der Waals surface area contributed by atoms with Crippen LogP contribution < -0.4 is 15.8 Å². The standard InChI is InChI=1S/C20H23FN2O2.ClH/c21-15-6-9-17(10-7-15)25-12-2-5-20(24)23-19-4-1-3-14-13-16(22)8-11-18(14)19;/h6-11,13,19H,1-5,12,22H2,(H,23,24);1H. The Morgan fingerprint density at radius 1 is 1.23 bits per heavy atom. The van der Waals surface area contributed by atoms with Gasteiger partial charge in [-0.3, -0.25) is 4.79 Å². The lowest BCUT2D eigenvalue weighted by atomic mass is 9.87. The fourth-order valence-electron chi connectivity index (χ4n) is 3.20. The number of hydrogen-bond acceptors (Lipinski definition) is 3. The summed E-state index contributed by atoms with van der Waals surface area (Å²) in [4.78, 5) is 12.2. The molecule has 3 rings (SSSR count). The number of aryl methyl sites for hydroxylation is 1. The van der Waals surface area contributed by atoms with Gasteiger partial charge in [0.1, 0.15) is 11.6 Å². The van der Waals surface area contributed by atoms with E-state index < -0.39 is 0 Å². The maximum absolute atomic E-state index is 12.8. The minimum Gasteiger partial charge on any atom is -0.494 e. The van der Waals surface area contributed by atoms with Gasteiger partial charge in [0, 0.05) is 12.1 Å². The summed E-state index contributed by atoms with van der Waals surface area (Å²) < 4.78 is 18.3. The van der Waals surface area contributed by atoms with Crippen LogP contribution in [0.3, 0.4) is 0 Å². The van der Waals surface area contributed by atoms with E-state index in [1.165, 1.54) is 23.3 Å². The van der Waals surface area contributed by atoms with Gasteiger partial charge in [-0.05, 0) is 73.2 Å². The van der Waals surface area contributed by atoms with Gasteiger partial charge >= 0.3 is 0 Å². The van der Waals surface area contributed by atoms with Crippen molar-refractivity contribution in [3.8, 4) is 5.75 Å². The van der Waals surface area contributed by atoms with Gasteiger partial charge < -0.3 is 15.8 Å². The SMILES string of the molecule is Cl.Nc1ccc2c(c1)CCCC2NC(=O)CCCOc1ccc(F)cc1. The molecule has 0 radical (unpaired) electrons. The van der Waals surface area contributed by atoms with E-state index in [1.54, 1.807) is 12.1 Å². The first-order valence-electron chi connectivity index (χ1n) is 8.68. The number of ether oxygens (including phenoxy) is 1. The first-order valence-corrected chi connectivity index (χ1v) is 8.68. The van der Waals surface area contributed by atoms with E-state index >= 15 is 0 Å². The summed E-state index contributed by atoms with van der Waals surface area (Å²) in [6.07, 6.45) is 4.04. The number of benzene rings is 2. The second kappa shape index (κ2) is 9.43. The normalized spacial score (nSPS) is 15.5. The van der Waals surface area contributed by atoms with Gasteiger partial charge in [0.05, 0.1) is 12.6 Å². The van der Waals surface area contributed by atoms with E-state index in [-0.39, 0.29) is 30.2 Å². The molecular formula is C20H24ClFN2O2. The zero-order chi connectivity index (χ0) is 17.6. The predicted octanol–water partition coefficient (Wildman–Crippen LogP) is 4.18. The molecule has 1 amide bonds. The predicted molar refractivity (Wildman–Crippen MR) is 103 cm³/mol. The Bertz CT molecular complexity index is 737. The molecule has 0 fully saturated rings. The van der Waals surface area contributed by atoms with Crippen molar-refractivity contribution >= 4 is 24.0 Å². The number of nitrogens with one attached hydrogen (secondary N) is 1. The minimum atomic E-state index is -0.291. The van der Waals surface area contributed by atoms with E-state index in [0.717, 1.165) is 24.9 Å². The van der Waals surface area contributed by atoms with E-state index in [0.29, 0.717) is 25.2 Å². The zero-order valence-electron chi connectivity index (χ0n) is 14.5. The van der Waals surface area contributed by atoms with E-state index in [9.17, 15) is 9.18 Å². The van der Waals surface area contributed by atoms with E-state index in [1.807, 2.05) is 18.2 Å². The van der Waals surface area contributed by atoms with Crippen LogP contribution in [0.1, 0.15) is 42.9 Å². The van der Waals surface area contributed by atoms with Crippen molar-refractivity contribution < 1.29 is 13.9 Å². The Morgan fingerprint density at radius 3 is 2.77 bits per heavy atom. The average Bonchev–Trinajstić information content (AvgIpc) is 2.60. The van der Waals surface area contributed by atoms with Crippen LogP contribution in [0, 0.1) is 5.82 Å². The third-order valence-corrected chi connectivity index (χ3v) is 4.45. The van der Waals surface area contributed by atoms with Gasteiger partial charge in [0.25, 0.3) is 0 Å². The number of amides is 1. The van der Waals surface area contributed by atoms with Gasteiger partial charge in [-0.25, -0.2) is 4.39 Å². The van der Waals surface area contributed by atoms with Crippen molar-refractivity contribution in [1.82, 2.24) is 5.32 Å². The van der Waals surface area contributed by atoms with Gasteiger partial charge in [0.15, 0.2) is 0 Å². The van der Waals surface area contributed by atoms with Crippen LogP contribution in [0.2, 0.25) is 0 Å². The Kier molecular flexibility index (Phi) is 7.27. The minimum absolute atomic E-state index is 0. The molecule has 1 atom stereocenters. The van der Waals surface area contributed by atoms with Crippen LogP contribution >= 0.6 is 12.4 Å². The molecule has 2 aromatic rings. The molecule has 1 unspecified atom stereocenters. The van der Waals surface area contributed by atoms with Crippen LogP contribution in [-0.4, -0.2) is 12.5 Å². The van der Waals surface area contributed by atoms with Crippen molar-refractivity contribution in [2.24, 2.45) is 0 Å². The summed E-state index contributed by atoms with van der Waals surface area (Å²) >= 11 is 0. The Morgan fingerprint density at radius 2 is 2.00 bits per heavy atom. The lowest BCUT2D eigenvalue weighted by Gasteiger charge is -2.26. The molecular weight excluding hydrogens is 355 g/mol. The molecule has 0 saturated heterocycles. The number of carbonyl (C=O) groups is 1. The highest BCUT2D eigenvalue weighted by molar-refractivity contribution is 5.85. The van der Waals surface area contributed by atoms with Crippen molar-refractivity contribution in [1.29, 1.82) is 0 Å². The summed E-state index contributed by atoms with van der Waals surface area (Å²) in [6.45, 7) is 0.427. The molecule has 140 valence electrons. The Labute approximate surface area is 159 Å². The molecule has 2 aromatic carbocycles. The molecule has 0 saturated carbocycles. The van der Waals surface area contributed by atoms with Gasteiger partial charge in [-0.2, -0.15) is 0 Å². The number of rotatable bonds is 6. The summed E-state index contributed by atoms with van der Waals surface area (Å²) in [5.74, 6) is 0.347. The highest BCUT2D eigenvalue weighted by Gasteiger charge is 2.21. The Balaban J connectivity index is 0.00000243. The summed E-state index contributed by atoms with van der Waals surface area (Å²) in [7, 11) is 0. The summed E-state index contributed by atoms with van der Waals surface area (Å²) in [5.41, 5.74) is 9.02. The number of fused-ring (bicyclic) bond motifs is 1. The van der Waals surface area contributed by atoms with Crippen molar-refractivity contribution in [3.63, 3.8) is 0 Å². The van der Waals surface area contributed by atoms with Gasteiger partial charge in [-0.1, -0.05) is 6.07 Å². The third-order valence-electron chi connectivity index (χ3n) is 4.45.